The van der Waals surface area contributed by atoms with Gasteiger partial charge in [0, 0.05) is 22.6 Å². The topological polar surface area (TPSA) is 43.6 Å². The van der Waals surface area contributed by atoms with Crippen molar-refractivity contribution >= 4 is 43.6 Å². The van der Waals surface area contributed by atoms with Crippen molar-refractivity contribution in [1.82, 2.24) is 19.7 Å². The molecule has 0 unspecified atom stereocenters. The Balaban J connectivity index is 1.68. The van der Waals surface area contributed by atoms with Gasteiger partial charge in [0.2, 0.25) is 0 Å². The monoisotopic (exact) mass is 414 g/mol. The summed E-state index contributed by atoms with van der Waals surface area (Å²) in [7, 11) is 0. The summed E-state index contributed by atoms with van der Waals surface area (Å²) in [6.45, 7) is 0. The van der Waals surface area contributed by atoms with Crippen molar-refractivity contribution < 1.29 is 0 Å². The van der Waals surface area contributed by atoms with E-state index in [1.54, 1.807) is 11.8 Å². The van der Waals surface area contributed by atoms with Gasteiger partial charge in [-0.1, -0.05) is 0 Å². The molecule has 0 aliphatic heterocycles. The van der Waals surface area contributed by atoms with Gasteiger partial charge in [-0.05, 0) is 75.4 Å². The van der Waals surface area contributed by atoms with Crippen molar-refractivity contribution in [2.45, 2.75) is 47.8 Å². The van der Waals surface area contributed by atoms with E-state index in [4.69, 9.17) is 0 Å². The lowest BCUT2D eigenvalue weighted by Crippen LogP contribution is -2.02. The summed E-state index contributed by atoms with van der Waals surface area (Å²) in [4.78, 5) is 4.45. The van der Waals surface area contributed by atoms with E-state index in [-0.39, 0.29) is 0 Å². The third-order valence-electron chi connectivity index (χ3n) is 3.51. The highest BCUT2D eigenvalue weighted by Gasteiger charge is 2.36. The molecule has 2 saturated carbocycles. The van der Waals surface area contributed by atoms with Crippen molar-refractivity contribution in [3.05, 3.63) is 27.0 Å². The zero-order valence-corrected chi connectivity index (χ0v) is 14.6. The highest BCUT2D eigenvalue weighted by Crippen LogP contribution is 2.47. The molecule has 0 N–H and O–H groups in total. The summed E-state index contributed by atoms with van der Waals surface area (Å²) < 4.78 is 4.30. The maximum atomic E-state index is 4.45. The van der Waals surface area contributed by atoms with Crippen LogP contribution >= 0.6 is 43.6 Å². The first kappa shape index (κ1) is 13.3. The second kappa shape index (κ2) is 5.10. The van der Waals surface area contributed by atoms with Crippen molar-refractivity contribution in [2.24, 2.45) is 0 Å². The van der Waals surface area contributed by atoms with Crippen LogP contribution in [0.15, 0.2) is 31.4 Å². The molecule has 2 heterocycles. The zero-order valence-electron chi connectivity index (χ0n) is 10.6. The van der Waals surface area contributed by atoms with E-state index in [0.717, 1.165) is 19.1 Å². The van der Waals surface area contributed by atoms with Gasteiger partial charge in [0.1, 0.15) is 10.9 Å². The van der Waals surface area contributed by atoms with Gasteiger partial charge in [-0.15, -0.1) is 10.2 Å². The highest BCUT2D eigenvalue weighted by atomic mass is 79.9. The number of rotatable bonds is 4. The molecule has 0 radical (unpaired) electrons. The minimum absolute atomic E-state index is 0.609. The number of hydrogen-bond donors (Lipinski definition) is 0. The number of aromatic nitrogens is 4. The molecule has 4 rings (SSSR count). The van der Waals surface area contributed by atoms with Crippen LogP contribution in [0.3, 0.4) is 0 Å². The summed E-state index contributed by atoms with van der Waals surface area (Å²) >= 11 is 8.58. The van der Waals surface area contributed by atoms with Crippen molar-refractivity contribution in [2.75, 3.05) is 0 Å². The smallest absolute Gasteiger partial charge is 0.197 e. The summed E-state index contributed by atoms with van der Waals surface area (Å²) in [5.74, 6) is 1.82. The zero-order chi connectivity index (χ0) is 13.7. The molecule has 4 nitrogen and oxygen atoms in total. The number of nitrogens with zero attached hydrogens (tertiary/aromatic N) is 4. The van der Waals surface area contributed by atoms with Crippen molar-refractivity contribution in [3.8, 4) is 0 Å². The van der Waals surface area contributed by atoms with Crippen LogP contribution in [0.25, 0.3) is 0 Å². The minimum Gasteiger partial charge on any atom is -0.302 e. The fourth-order valence-electron chi connectivity index (χ4n) is 2.22. The average Bonchev–Trinajstić information content (AvgIpc) is 3.31. The van der Waals surface area contributed by atoms with E-state index in [0.29, 0.717) is 12.0 Å². The molecule has 0 spiro atoms. The Morgan fingerprint density at radius 2 is 1.95 bits per heavy atom. The Morgan fingerprint density at radius 3 is 2.60 bits per heavy atom. The molecule has 2 aliphatic rings. The minimum atomic E-state index is 0.609. The summed E-state index contributed by atoms with van der Waals surface area (Å²) in [5.41, 5.74) is 0. The first-order chi connectivity index (χ1) is 9.72. The quantitative estimate of drug-likeness (QED) is 0.733. The SMILES string of the molecule is Brc1cnc(Sc2nnc(C3CC3)n2C2CC2)c(Br)c1. The van der Waals surface area contributed by atoms with Gasteiger partial charge in [0.15, 0.2) is 5.16 Å². The molecule has 2 fully saturated rings. The van der Waals surface area contributed by atoms with Crippen molar-refractivity contribution in [3.63, 3.8) is 0 Å². The molecule has 0 aromatic carbocycles. The van der Waals surface area contributed by atoms with Crippen LogP contribution in [0.5, 0.6) is 0 Å². The molecule has 2 aromatic heterocycles. The van der Waals surface area contributed by atoms with Crippen LogP contribution in [0.1, 0.15) is 43.5 Å². The maximum absolute atomic E-state index is 4.45. The van der Waals surface area contributed by atoms with Gasteiger partial charge in [-0.3, -0.25) is 0 Å². The lowest BCUT2D eigenvalue weighted by Gasteiger charge is -2.08. The van der Waals surface area contributed by atoms with E-state index in [2.05, 4.69) is 51.6 Å². The lowest BCUT2D eigenvalue weighted by molar-refractivity contribution is 0.626. The standard InChI is InChI=1S/C13H12Br2N4S/c14-8-5-10(15)12(16-6-8)20-13-18-17-11(7-1-2-7)19(13)9-3-4-9/h5-7,9H,1-4H2. The molecule has 7 heteroatoms. The number of halogens is 2. The van der Waals surface area contributed by atoms with E-state index >= 15 is 0 Å². The Bertz CT molecular complexity index is 664. The van der Waals surface area contributed by atoms with E-state index in [1.807, 2.05) is 12.3 Å². The molecular weight excluding hydrogens is 404 g/mol. The predicted molar refractivity (Wildman–Crippen MR) is 84.0 cm³/mol. The fourth-order valence-corrected chi connectivity index (χ4v) is 4.31. The van der Waals surface area contributed by atoms with Crippen LogP contribution in [0, 0.1) is 0 Å². The molecule has 0 bridgehead atoms. The Labute approximate surface area is 138 Å². The van der Waals surface area contributed by atoms with Gasteiger partial charge in [-0.2, -0.15) is 0 Å². The third kappa shape index (κ3) is 2.55. The van der Waals surface area contributed by atoms with Crippen LogP contribution in [-0.4, -0.2) is 19.7 Å². The Morgan fingerprint density at radius 1 is 1.15 bits per heavy atom. The van der Waals surface area contributed by atoms with E-state index in [9.17, 15) is 0 Å². The second-order valence-electron chi connectivity index (χ2n) is 5.26. The van der Waals surface area contributed by atoms with E-state index in [1.165, 1.54) is 31.5 Å². The molecule has 0 atom stereocenters. The van der Waals surface area contributed by atoms with E-state index < -0.39 is 0 Å². The van der Waals surface area contributed by atoms with Crippen LogP contribution in [0.2, 0.25) is 0 Å². The normalized spacial score (nSPS) is 18.5. The summed E-state index contributed by atoms with van der Waals surface area (Å²) in [5, 5.41) is 10.7. The summed E-state index contributed by atoms with van der Waals surface area (Å²) in [6, 6.07) is 2.62. The predicted octanol–water partition coefficient (Wildman–Crippen LogP) is 4.56. The molecule has 20 heavy (non-hydrogen) atoms. The molecule has 2 aliphatic carbocycles. The van der Waals surface area contributed by atoms with Gasteiger partial charge < -0.3 is 4.57 Å². The molecule has 0 amide bonds. The lowest BCUT2D eigenvalue weighted by atomic mass is 10.4. The largest absolute Gasteiger partial charge is 0.302 e. The maximum Gasteiger partial charge on any atom is 0.197 e. The van der Waals surface area contributed by atoms with Crippen LogP contribution in [-0.2, 0) is 0 Å². The Hall–Kier alpha value is -0.400. The number of pyridine rings is 1. The molecular formula is C13H12Br2N4S. The molecule has 0 saturated heterocycles. The Kier molecular flexibility index (Phi) is 3.39. The van der Waals surface area contributed by atoms with Gasteiger partial charge in [0.05, 0.1) is 4.47 Å². The van der Waals surface area contributed by atoms with Crippen LogP contribution in [0.4, 0.5) is 0 Å². The molecule has 104 valence electrons. The first-order valence-corrected chi connectivity index (χ1v) is 9.06. The third-order valence-corrected chi connectivity index (χ3v) is 5.79. The first-order valence-electron chi connectivity index (χ1n) is 6.66. The van der Waals surface area contributed by atoms with Crippen LogP contribution < -0.4 is 0 Å². The average molecular weight is 416 g/mol. The van der Waals surface area contributed by atoms with Crippen molar-refractivity contribution in [1.29, 1.82) is 0 Å². The number of hydrogen-bond acceptors (Lipinski definition) is 4. The summed E-state index contributed by atoms with van der Waals surface area (Å²) in [6.07, 6.45) is 6.83. The van der Waals surface area contributed by atoms with Gasteiger partial charge >= 0.3 is 0 Å². The van der Waals surface area contributed by atoms with Gasteiger partial charge in [-0.25, -0.2) is 4.98 Å². The fraction of sp³-hybridized carbons (Fsp3) is 0.462. The second-order valence-corrected chi connectivity index (χ2v) is 7.98. The molecule has 2 aromatic rings. The highest BCUT2D eigenvalue weighted by molar-refractivity contribution is 9.11. The van der Waals surface area contributed by atoms with Gasteiger partial charge in [0.25, 0.3) is 0 Å².